The number of hydrogen-bond acceptors (Lipinski definition) is 3. The minimum absolute atomic E-state index is 0.135. The van der Waals surface area contributed by atoms with Gasteiger partial charge in [-0.3, -0.25) is 9.69 Å². The molecule has 1 unspecified atom stereocenters. The van der Waals surface area contributed by atoms with Crippen molar-refractivity contribution < 1.29 is 9.90 Å². The van der Waals surface area contributed by atoms with E-state index in [4.69, 9.17) is 5.73 Å². The predicted molar refractivity (Wildman–Crippen MR) is 69.0 cm³/mol. The van der Waals surface area contributed by atoms with Crippen LogP contribution in [0.15, 0.2) is 0 Å². The summed E-state index contributed by atoms with van der Waals surface area (Å²) in [6.45, 7) is 5.71. The summed E-state index contributed by atoms with van der Waals surface area (Å²) in [5.74, 6) is -0.671. The summed E-state index contributed by atoms with van der Waals surface area (Å²) in [6.07, 6.45) is 5.29. The van der Waals surface area contributed by atoms with Gasteiger partial charge in [0, 0.05) is 12.6 Å². The monoisotopic (exact) mass is 242 g/mol. The van der Waals surface area contributed by atoms with Crippen LogP contribution in [0.1, 0.15) is 52.4 Å². The van der Waals surface area contributed by atoms with Crippen LogP contribution < -0.4 is 5.73 Å². The Kier molecular flexibility index (Phi) is 5.40. The van der Waals surface area contributed by atoms with Gasteiger partial charge in [-0.2, -0.15) is 0 Å². The average Bonchev–Trinajstić information content (AvgIpc) is 2.28. The molecule has 1 saturated heterocycles. The molecule has 0 aromatic heterocycles. The summed E-state index contributed by atoms with van der Waals surface area (Å²) >= 11 is 0. The molecule has 100 valence electrons. The molecule has 4 nitrogen and oxygen atoms in total. The van der Waals surface area contributed by atoms with Gasteiger partial charge in [0.15, 0.2) is 0 Å². The van der Waals surface area contributed by atoms with Crippen LogP contribution in [0.2, 0.25) is 0 Å². The number of carbonyl (C=O) groups is 1. The van der Waals surface area contributed by atoms with Gasteiger partial charge in [-0.15, -0.1) is 0 Å². The van der Waals surface area contributed by atoms with E-state index in [1.54, 1.807) is 0 Å². The average molecular weight is 242 g/mol. The molecule has 1 heterocycles. The first-order valence-electron chi connectivity index (χ1n) is 6.80. The molecule has 0 aliphatic carbocycles. The van der Waals surface area contributed by atoms with Crippen LogP contribution in [-0.2, 0) is 4.79 Å². The molecule has 0 saturated carbocycles. The lowest BCUT2D eigenvalue weighted by Crippen LogP contribution is -2.59. The number of nitrogens with two attached hydrogens (primary N) is 1. The van der Waals surface area contributed by atoms with Crippen molar-refractivity contribution in [3.63, 3.8) is 0 Å². The highest BCUT2D eigenvalue weighted by molar-refractivity contribution is 5.78. The number of aliphatic carboxylic acids is 1. The van der Waals surface area contributed by atoms with Crippen molar-refractivity contribution in [3.8, 4) is 0 Å². The molecule has 1 fully saturated rings. The summed E-state index contributed by atoms with van der Waals surface area (Å²) in [5, 5.41) is 9.64. The van der Waals surface area contributed by atoms with Crippen molar-refractivity contribution in [2.24, 2.45) is 5.73 Å². The van der Waals surface area contributed by atoms with Crippen molar-refractivity contribution in [1.29, 1.82) is 0 Å². The Labute approximate surface area is 104 Å². The number of piperidine rings is 1. The molecule has 1 aliphatic heterocycles. The van der Waals surface area contributed by atoms with Crippen molar-refractivity contribution >= 4 is 5.97 Å². The van der Waals surface area contributed by atoms with Gasteiger partial charge in [0.1, 0.15) is 5.54 Å². The fraction of sp³-hybridized carbons (Fsp3) is 0.923. The first-order valence-corrected chi connectivity index (χ1v) is 6.80. The fourth-order valence-electron chi connectivity index (χ4n) is 3.02. The lowest BCUT2D eigenvalue weighted by atomic mass is 9.84. The van der Waals surface area contributed by atoms with Crippen molar-refractivity contribution in [2.75, 3.05) is 13.1 Å². The Morgan fingerprint density at radius 3 is 2.41 bits per heavy atom. The Balaban J connectivity index is 2.89. The number of nitrogens with zero attached hydrogens (tertiary/aromatic N) is 1. The van der Waals surface area contributed by atoms with Crippen LogP contribution in [0.25, 0.3) is 0 Å². The first-order chi connectivity index (χ1) is 8.06. The molecule has 0 aromatic carbocycles. The number of rotatable bonds is 6. The zero-order valence-corrected chi connectivity index (χ0v) is 11.1. The maximum atomic E-state index is 11.7. The van der Waals surface area contributed by atoms with Crippen molar-refractivity contribution in [1.82, 2.24) is 4.90 Å². The van der Waals surface area contributed by atoms with E-state index in [1.165, 1.54) is 0 Å². The summed E-state index contributed by atoms with van der Waals surface area (Å²) < 4.78 is 0. The van der Waals surface area contributed by atoms with Gasteiger partial charge in [0.25, 0.3) is 0 Å². The van der Waals surface area contributed by atoms with E-state index in [-0.39, 0.29) is 6.04 Å². The third kappa shape index (κ3) is 3.19. The zero-order valence-electron chi connectivity index (χ0n) is 11.1. The summed E-state index contributed by atoms with van der Waals surface area (Å²) in [5.41, 5.74) is 5.30. The van der Waals surface area contributed by atoms with Gasteiger partial charge in [-0.05, 0) is 32.2 Å². The van der Waals surface area contributed by atoms with E-state index in [1.807, 2.05) is 0 Å². The molecule has 0 amide bonds. The van der Waals surface area contributed by atoms with Crippen molar-refractivity contribution in [3.05, 3.63) is 0 Å². The van der Waals surface area contributed by atoms with Gasteiger partial charge in [0.05, 0.1) is 0 Å². The normalized spacial score (nSPS) is 22.6. The summed E-state index contributed by atoms with van der Waals surface area (Å²) in [4.78, 5) is 13.8. The number of hydrogen-bond donors (Lipinski definition) is 2. The van der Waals surface area contributed by atoms with Gasteiger partial charge in [-0.25, -0.2) is 0 Å². The number of likely N-dealkylation sites (tertiary alicyclic amines) is 1. The Morgan fingerprint density at radius 1 is 1.41 bits per heavy atom. The highest BCUT2D eigenvalue weighted by Crippen LogP contribution is 2.30. The molecule has 1 aliphatic rings. The molecule has 0 spiro atoms. The van der Waals surface area contributed by atoms with Crippen LogP contribution >= 0.6 is 0 Å². The lowest BCUT2D eigenvalue weighted by molar-refractivity contribution is -0.154. The van der Waals surface area contributed by atoms with E-state index < -0.39 is 11.5 Å². The molecule has 4 heteroatoms. The second-order valence-corrected chi connectivity index (χ2v) is 5.19. The molecule has 1 atom stereocenters. The van der Waals surface area contributed by atoms with E-state index in [0.717, 1.165) is 51.6 Å². The largest absolute Gasteiger partial charge is 0.480 e. The van der Waals surface area contributed by atoms with Gasteiger partial charge < -0.3 is 10.8 Å². The van der Waals surface area contributed by atoms with E-state index in [9.17, 15) is 9.90 Å². The lowest BCUT2D eigenvalue weighted by Gasteiger charge is -2.44. The van der Waals surface area contributed by atoms with Crippen LogP contribution in [0.3, 0.4) is 0 Å². The van der Waals surface area contributed by atoms with Crippen LogP contribution in [0.5, 0.6) is 0 Å². The number of carboxylic acid groups (broad SMARTS) is 1. The second kappa shape index (κ2) is 6.36. The van der Waals surface area contributed by atoms with E-state index in [0.29, 0.717) is 0 Å². The fourth-order valence-corrected chi connectivity index (χ4v) is 3.02. The molecule has 0 radical (unpaired) electrons. The Bertz CT molecular complexity index is 250. The summed E-state index contributed by atoms with van der Waals surface area (Å²) in [7, 11) is 0. The molecule has 0 bridgehead atoms. The topological polar surface area (TPSA) is 66.6 Å². The summed E-state index contributed by atoms with van der Waals surface area (Å²) in [6, 6.07) is 0.135. The highest BCUT2D eigenvalue weighted by Gasteiger charge is 2.43. The second-order valence-electron chi connectivity index (χ2n) is 5.19. The zero-order chi connectivity index (χ0) is 12.9. The molecule has 3 N–H and O–H groups in total. The van der Waals surface area contributed by atoms with Crippen LogP contribution in [0, 0.1) is 0 Å². The highest BCUT2D eigenvalue weighted by atomic mass is 16.4. The van der Waals surface area contributed by atoms with Crippen molar-refractivity contribution in [2.45, 2.75) is 64.0 Å². The van der Waals surface area contributed by atoms with Crippen LogP contribution in [0.4, 0.5) is 0 Å². The van der Waals surface area contributed by atoms with Crippen LogP contribution in [-0.4, -0.2) is 40.6 Å². The van der Waals surface area contributed by atoms with Gasteiger partial charge in [-0.1, -0.05) is 26.7 Å². The van der Waals surface area contributed by atoms with Gasteiger partial charge >= 0.3 is 5.97 Å². The van der Waals surface area contributed by atoms with E-state index in [2.05, 4.69) is 18.7 Å². The molecule has 1 rings (SSSR count). The third-order valence-electron chi connectivity index (χ3n) is 3.79. The standard InChI is InChI=1S/C13H26N2O2/c1-3-7-13(8-4-2,12(16)17)15-9-5-6-11(14)10-15/h11H,3-10,14H2,1-2H3,(H,16,17). The molecular formula is C13H26N2O2. The maximum Gasteiger partial charge on any atom is 0.324 e. The molecular weight excluding hydrogens is 216 g/mol. The molecule has 17 heavy (non-hydrogen) atoms. The molecule has 0 aromatic rings. The maximum absolute atomic E-state index is 11.7. The minimum Gasteiger partial charge on any atom is -0.480 e. The first kappa shape index (κ1) is 14.5. The van der Waals surface area contributed by atoms with Gasteiger partial charge in [0.2, 0.25) is 0 Å². The Hall–Kier alpha value is -0.610. The Morgan fingerprint density at radius 2 is 2.00 bits per heavy atom. The number of carboxylic acids is 1. The SMILES string of the molecule is CCCC(CCC)(C(=O)O)N1CCCC(N)C1. The third-order valence-corrected chi connectivity index (χ3v) is 3.79. The van der Waals surface area contributed by atoms with E-state index >= 15 is 0 Å². The predicted octanol–water partition coefficient (Wildman–Crippen LogP) is 1.83. The minimum atomic E-state index is -0.679. The smallest absolute Gasteiger partial charge is 0.324 e. The quantitative estimate of drug-likeness (QED) is 0.745.